The molecule has 0 radical (unpaired) electrons. The fraction of sp³-hybridized carbons (Fsp3) is 0.286. The highest BCUT2D eigenvalue weighted by molar-refractivity contribution is 7.94. The highest BCUT2D eigenvalue weighted by Crippen LogP contribution is 2.35. The van der Waals surface area contributed by atoms with Gasteiger partial charge in [0.15, 0.2) is 0 Å². The summed E-state index contributed by atoms with van der Waals surface area (Å²) in [4.78, 5) is 0. The lowest BCUT2D eigenvalue weighted by molar-refractivity contribution is 0.586. The summed E-state index contributed by atoms with van der Waals surface area (Å²) in [6.45, 7) is 3.97. The zero-order valence-electron chi connectivity index (χ0n) is 12.5. The summed E-state index contributed by atoms with van der Waals surface area (Å²) in [5.74, 6) is 0.774. The molecule has 0 saturated carbocycles. The number of anilines is 2. The molecule has 2 atom stereocenters. The Kier molecular flexibility index (Phi) is 7.21. The van der Waals surface area contributed by atoms with Crippen molar-refractivity contribution in [2.45, 2.75) is 18.1 Å². The Morgan fingerprint density at radius 3 is 2.26 bits per heavy atom. The first-order valence-corrected chi connectivity index (χ1v) is 10.8. The first-order chi connectivity index (χ1) is 10.9. The van der Waals surface area contributed by atoms with Crippen LogP contribution in [0.5, 0.6) is 0 Å². The summed E-state index contributed by atoms with van der Waals surface area (Å²) in [5, 5.41) is 2.52. The Hall–Kier alpha value is -0.280. The predicted molar refractivity (Wildman–Crippen MR) is 102 cm³/mol. The van der Waals surface area contributed by atoms with Crippen LogP contribution >= 0.6 is 34.5 Å². The smallest absolute Gasteiger partial charge is 0.233 e. The molecule has 1 aromatic carbocycles. The van der Waals surface area contributed by atoms with Gasteiger partial charge >= 0.3 is 0 Å². The van der Waals surface area contributed by atoms with Crippen LogP contribution in [-0.2, 0) is 22.7 Å². The highest BCUT2D eigenvalue weighted by Gasteiger charge is 2.20. The van der Waals surface area contributed by atoms with E-state index in [4.69, 9.17) is 23.2 Å². The molecule has 126 valence electrons. The maximum absolute atomic E-state index is 12.3. The van der Waals surface area contributed by atoms with Crippen LogP contribution in [0.2, 0.25) is 10.0 Å². The molecule has 0 aliphatic heterocycles. The van der Waals surface area contributed by atoms with Gasteiger partial charge in [-0.2, -0.15) is 0 Å². The van der Waals surface area contributed by atoms with E-state index in [-0.39, 0.29) is 5.92 Å². The van der Waals surface area contributed by atoms with Gasteiger partial charge in [-0.05, 0) is 23.6 Å². The minimum absolute atomic E-state index is 0.280. The summed E-state index contributed by atoms with van der Waals surface area (Å²) in [6, 6.07) is 6.75. The topological polar surface area (TPSA) is 70.2 Å². The first-order valence-electron chi connectivity index (χ1n) is 6.73. The van der Waals surface area contributed by atoms with E-state index in [1.165, 1.54) is 11.3 Å². The Bertz CT molecular complexity index is 641. The van der Waals surface area contributed by atoms with Gasteiger partial charge in [0.2, 0.25) is 4.21 Å². The third kappa shape index (κ3) is 5.63. The second-order valence-corrected chi connectivity index (χ2v) is 9.55. The molecule has 0 aliphatic rings. The van der Waals surface area contributed by atoms with Crippen LogP contribution in [0.4, 0.5) is 11.4 Å². The molecule has 2 rings (SSSR count). The minimum atomic E-state index is -1.43. The number of thiophene rings is 1. The lowest BCUT2D eigenvalue weighted by Gasteiger charge is -2.18. The summed E-state index contributed by atoms with van der Waals surface area (Å²) in [7, 11) is 0. The van der Waals surface area contributed by atoms with Gasteiger partial charge in [0.25, 0.3) is 0 Å². The van der Waals surface area contributed by atoms with Gasteiger partial charge in [0.05, 0.1) is 21.4 Å². The summed E-state index contributed by atoms with van der Waals surface area (Å²) in [5.41, 5.74) is 0.992. The van der Waals surface area contributed by atoms with Crippen molar-refractivity contribution in [1.29, 1.82) is 0 Å². The van der Waals surface area contributed by atoms with Crippen molar-refractivity contribution in [2.24, 2.45) is 5.92 Å². The van der Waals surface area contributed by atoms with Crippen LogP contribution < -0.4 is 9.44 Å². The highest BCUT2D eigenvalue weighted by atomic mass is 35.5. The molecule has 4 nitrogen and oxygen atoms in total. The molecule has 0 aliphatic carbocycles. The first kappa shape index (κ1) is 19.1. The molecule has 0 fully saturated rings. The molecule has 2 unspecified atom stereocenters. The van der Waals surface area contributed by atoms with Crippen LogP contribution in [0, 0.1) is 5.92 Å². The number of benzene rings is 1. The number of hydrogen-bond donors (Lipinski definition) is 2. The van der Waals surface area contributed by atoms with Crippen molar-refractivity contribution >= 4 is 68.6 Å². The molecule has 9 heteroatoms. The number of hydrogen-bond acceptors (Lipinski definition) is 5. The van der Waals surface area contributed by atoms with E-state index >= 15 is 0 Å². The largest absolute Gasteiger partial charge is 0.593 e. The monoisotopic (exact) mass is 410 g/mol. The zero-order valence-corrected chi connectivity index (χ0v) is 16.4. The molecule has 0 spiro atoms. The van der Waals surface area contributed by atoms with E-state index in [1.807, 2.05) is 25.3 Å². The summed E-state index contributed by atoms with van der Waals surface area (Å²) >= 11 is 10.8. The van der Waals surface area contributed by atoms with Gasteiger partial charge in [-0.3, -0.25) is 0 Å². The molecule has 0 amide bonds. The van der Waals surface area contributed by atoms with Gasteiger partial charge < -0.3 is 9.11 Å². The minimum Gasteiger partial charge on any atom is -0.593 e. The molecule has 0 bridgehead atoms. The van der Waals surface area contributed by atoms with Crippen molar-refractivity contribution in [3.05, 3.63) is 39.7 Å². The second kappa shape index (κ2) is 8.71. The van der Waals surface area contributed by atoms with Crippen LogP contribution in [0.1, 0.15) is 13.8 Å². The predicted octanol–water partition coefficient (Wildman–Crippen LogP) is 4.92. The maximum Gasteiger partial charge on any atom is 0.233 e. The van der Waals surface area contributed by atoms with Crippen LogP contribution in [0.3, 0.4) is 0 Å². The van der Waals surface area contributed by atoms with E-state index < -0.39 is 22.7 Å². The van der Waals surface area contributed by atoms with Crippen molar-refractivity contribution < 1.29 is 9.11 Å². The third-order valence-corrected chi connectivity index (χ3v) is 7.10. The average Bonchev–Trinajstić information content (AvgIpc) is 2.97. The molecule has 0 saturated heterocycles. The Morgan fingerprint density at radius 1 is 1.13 bits per heavy atom. The van der Waals surface area contributed by atoms with Crippen LogP contribution in [0.15, 0.2) is 33.9 Å². The third-order valence-electron chi connectivity index (χ3n) is 2.65. The fourth-order valence-corrected chi connectivity index (χ4v) is 4.89. The second-order valence-electron chi connectivity index (χ2n) is 5.12. The zero-order chi connectivity index (χ0) is 17.0. The van der Waals surface area contributed by atoms with Gasteiger partial charge in [0, 0.05) is 12.0 Å². The lowest BCUT2D eigenvalue weighted by atomic mass is 10.3. The molecule has 2 N–H and O–H groups in total. The molecule has 2 aromatic rings. The molecule has 1 aromatic heterocycles. The number of rotatable bonds is 7. The summed E-state index contributed by atoms with van der Waals surface area (Å²) < 4.78 is 30.9. The summed E-state index contributed by atoms with van der Waals surface area (Å²) in [6.07, 6.45) is 0. The van der Waals surface area contributed by atoms with E-state index in [0.29, 0.717) is 31.4 Å². The molecular weight excluding hydrogens is 395 g/mol. The van der Waals surface area contributed by atoms with Crippen LogP contribution in [-0.4, -0.2) is 14.9 Å². The Balaban J connectivity index is 2.21. The van der Waals surface area contributed by atoms with Crippen molar-refractivity contribution in [1.82, 2.24) is 0 Å². The molecule has 23 heavy (non-hydrogen) atoms. The average molecular weight is 411 g/mol. The van der Waals surface area contributed by atoms with Crippen molar-refractivity contribution in [3.8, 4) is 0 Å². The van der Waals surface area contributed by atoms with Crippen molar-refractivity contribution in [3.63, 3.8) is 0 Å². The van der Waals surface area contributed by atoms with E-state index in [9.17, 15) is 9.11 Å². The van der Waals surface area contributed by atoms with Gasteiger partial charge in [-0.25, -0.2) is 9.44 Å². The lowest BCUT2D eigenvalue weighted by Crippen LogP contribution is -2.21. The van der Waals surface area contributed by atoms with Gasteiger partial charge in [0.1, 0.15) is 28.5 Å². The maximum atomic E-state index is 12.3. The van der Waals surface area contributed by atoms with Gasteiger partial charge in [-0.1, -0.05) is 48.4 Å². The van der Waals surface area contributed by atoms with E-state index in [0.717, 1.165) is 0 Å². The quantitative estimate of drug-likeness (QED) is 0.635. The number of nitrogens with one attached hydrogen (secondary N) is 2. The molecular formula is C14H16Cl2N2O2S3. The Morgan fingerprint density at radius 2 is 1.74 bits per heavy atom. The van der Waals surface area contributed by atoms with Crippen LogP contribution in [0.25, 0.3) is 0 Å². The molecule has 1 heterocycles. The normalized spacial score (nSPS) is 13.9. The van der Waals surface area contributed by atoms with E-state index in [2.05, 4.69) is 9.44 Å². The number of halogens is 2. The Labute approximate surface area is 156 Å². The van der Waals surface area contributed by atoms with Crippen molar-refractivity contribution in [2.75, 3.05) is 15.2 Å². The van der Waals surface area contributed by atoms with Gasteiger partial charge in [-0.15, -0.1) is 0 Å². The SMILES string of the molecule is CC(C)C[S+]([O-])Nc1cc(Cl)c(Cl)cc1N[S+]([O-])c1cccs1. The standard InChI is InChI=1S/C14H16Cl2N2O2S3/c1-9(2)8-22(19)17-12-6-10(15)11(16)7-13(12)18-23(20)14-4-3-5-21-14/h3-7,9,17-18H,8H2,1-2H3. The fourth-order valence-electron chi connectivity index (χ4n) is 1.70. The van der Waals surface area contributed by atoms with E-state index in [1.54, 1.807) is 18.2 Å².